The molecule has 3 aromatic rings. The molecule has 1 atom stereocenters. The summed E-state index contributed by atoms with van der Waals surface area (Å²) in [5.41, 5.74) is 4.43. The Hall–Kier alpha value is -2.59. The lowest BCUT2D eigenvalue weighted by Gasteiger charge is -2.13. The maximum Gasteiger partial charge on any atom is 0.162 e. The highest BCUT2D eigenvalue weighted by atomic mass is 16.5. The van der Waals surface area contributed by atoms with Crippen LogP contribution in [0.15, 0.2) is 48.7 Å². The number of benzene rings is 2. The summed E-state index contributed by atoms with van der Waals surface area (Å²) in [7, 11) is 5.25. The Bertz CT molecular complexity index is 844. The van der Waals surface area contributed by atoms with E-state index in [1.165, 1.54) is 5.56 Å². The highest BCUT2D eigenvalue weighted by molar-refractivity contribution is 5.96. The van der Waals surface area contributed by atoms with Crippen molar-refractivity contribution in [3.8, 4) is 22.6 Å². The van der Waals surface area contributed by atoms with E-state index in [4.69, 9.17) is 9.47 Å². The van der Waals surface area contributed by atoms with Crippen molar-refractivity contribution in [1.29, 1.82) is 0 Å². The minimum Gasteiger partial charge on any atom is -0.493 e. The molecule has 1 heterocycles. The van der Waals surface area contributed by atoms with Gasteiger partial charge in [-0.25, -0.2) is 0 Å². The molecule has 0 fully saturated rings. The van der Waals surface area contributed by atoms with Gasteiger partial charge in [0.05, 0.1) is 19.7 Å². The van der Waals surface area contributed by atoms with Gasteiger partial charge in [0.15, 0.2) is 11.5 Å². The molecule has 0 saturated carbocycles. The maximum atomic E-state index is 5.44. The fourth-order valence-electron chi connectivity index (χ4n) is 2.84. The third-order valence-electron chi connectivity index (χ3n) is 4.40. The normalized spacial score (nSPS) is 12.2. The van der Waals surface area contributed by atoms with Gasteiger partial charge >= 0.3 is 0 Å². The Balaban J connectivity index is 2.12. The highest BCUT2D eigenvalue weighted by Gasteiger charge is 2.11. The molecule has 1 aromatic heterocycles. The SMILES string of the molecule is CNC(C)c1ccc(-c2ccnc3cc(OC)c(OC)cc23)cc1. The summed E-state index contributed by atoms with van der Waals surface area (Å²) in [6.07, 6.45) is 1.83. The zero-order chi connectivity index (χ0) is 17.1. The number of hydrogen-bond acceptors (Lipinski definition) is 4. The average Bonchev–Trinajstić information content (AvgIpc) is 2.65. The summed E-state index contributed by atoms with van der Waals surface area (Å²) >= 11 is 0. The van der Waals surface area contributed by atoms with Crippen LogP contribution < -0.4 is 14.8 Å². The number of nitrogens with zero attached hydrogens (tertiary/aromatic N) is 1. The number of fused-ring (bicyclic) bond motifs is 1. The summed E-state index contributed by atoms with van der Waals surface area (Å²) < 4.78 is 10.8. The molecule has 1 N–H and O–H groups in total. The summed E-state index contributed by atoms with van der Waals surface area (Å²) in [5, 5.41) is 4.30. The van der Waals surface area contributed by atoms with Crippen molar-refractivity contribution in [3.63, 3.8) is 0 Å². The zero-order valence-electron chi connectivity index (χ0n) is 14.5. The van der Waals surface area contributed by atoms with Crippen LogP contribution in [0.25, 0.3) is 22.0 Å². The number of hydrogen-bond donors (Lipinski definition) is 1. The van der Waals surface area contributed by atoms with E-state index in [0.717, 1.165) is 22.0 Å². The minimum absolute atomic E-state index is 0.331. The molecule has 0 spiro atoms. The van der Waals surface area contributed by atoms with Crippen molar-refractivity contribution < 1.29 is 9.47 Å². The summed E-state index contributed by atoms with van der Waals surface area (Å²) in [6.45, 7) is 2.15. The molecule has 0 aliphatic rings. The van der Waals surface area contributed by atoms with Gasteiger partial charge in [-0.15, -0.1) is 0 Å². The molecule has 0 saturated heterocycles. The summed E-state index contributed by atoms with van der Waals surface area (Å²) in [6, 6.07) is 14.9. The monoisotopic (exact) mass is 322 g/mol. The van der Waals surface area contributed by atoms with Crippen LogP contribution in [0.1, 0.15) is 18.5 Å². The Kier molecular flexibility index (Phi) is 4.67. The molecule has 3 rings (SSSR count). The van der Waals surface area contributed by atoms with E-state index < -0.39 is 0 Å². The van der Waals surface area contributed by atoms with E-state index in [0.29, 0.717) is 17.5 Å². The molecule has 0 aliphatic heterocycles. The number of aromatic nitrogens is 1. The van der Waals surface area contributed by atoms with Crippen LogP contribution in [0.2, 0.25) is 0 Å². The second-order valence-electron chi connectivity index (χ2n) is 5.72. The minimum atomic E-state index is 0.331. The van der Waals surface area contributed by atoms with E-state index in [2.05, 4.69) is 41.5 Å². The first-order chi connectivity index (χ1) is 11.7. The lowest BCUT2D eigenvalue weighted by molar-refractivity contribution is 0.356. The lowest BCUT2D eigenvalue weighted by Crippen LogP contribution is -2.11. The Morgan fingerprint density at radius 1 is 0.958 bits per heavy atom. The van der Waals surface area contributed by atoms with Crippen molar-refractivity contribution in [2.75, 3.05) is 21.3 Å². The van der Waals surface area contributed by atoms with E-state index in [1.807, 2.05) is 31.4 Å². The molecule has 2 aromatic carbocycles. The van der Waals surface area contributed by atoms with Crippen molar-refractivity contribution in [2.24, 2.45) is 0 Å². The van der Waals surface area contributed by atoms with E-state index in [1.54, 1.807) is 14.2 Å². The summed E-state index contributed by atoms with van der Waals surface area (Å²) in [5.74, 6) is 1.40. The van der Waals surface area contributed by atoms with Crippen molar-refractivity contribution in [2.45, 2.75) is 13.0 Å². The third kappa shape index (κ3) is 2.93. The quantitative estimate of drug-likeness (QED) is 0.764. The molecule has 0 amide bonds. The average molecular weight is 322 g/mol. The first-order valence-corrected chi connectivity index (χ1v) is 7.96. The van der Waals surface area contributed by atoms with Gasteiger partial charge in [0.2, 0.25) is 0 Å². The van der Waals surface area contributed by atoms with Gasteiger partial charge in [0, 0.05) is 23.7 Å². The maximum absolute atomic E-state index is 5.44. The van der Waals surface area contributed by atoms with Crippen molar-refractivity contribution in [1.82, 2.24) is 10.3 Å². The number of ether oxygens (including phenoxy) is 2. The first kappa shape index (κ1) is 16.3. The van der Waals surface area contributed by atoms with Crippen LogP contribution in [0.5, 0.6) is 11.5 Å². The van der Waals surface area contributed by atoms with Gasteiger partial charge < -0.3 is 14.8 Å². The van der Waals surface area contributed by atoms with Crippen LogP contribution in [-0.2, 0) is 0 Å². The molecular weight excluding hydrogens is 300 g/mol. The van der Waals surface area contributed by atoms with Gasteiger partial charge in [-0.3, -0.25) is 4.98 Å². The fraction of sp³-hybridized carbons (Fsp3) is 0.250. The standard InChI is InChI=1S/C20H22N2O2/c1-13(21-2)14-5-7-15(8-6-14)16-9-10-22-18-12-20(24-4)19(23-3)11-17(16)18/h5-13,21H,1-4H3. The van der Waals surface area contributed by atoms with Crippen LogP contribution in [0, 0.1) is 0 Å². The van der Waals surface area contributed by atoms with Crippen molar-refractivity contribution in [3.05, 3.63) is 54.2 Å². The third-order valence-corrected chi connectivity index (χ3v) is 4.40. The molecule has 124 valence electrons. The molecule has 1 unspecified atom stereocenters. The first-order valence-electron chi connectivity index (χ1n) is 7.96. The topological polar surface area (TPSA) is 43.4 Å². The van der Waals surface area contributed by atoms with Gasteiger partial charge in [-0.2, -0.15) is 0 Å². The largest absolute Gasteiger partial charge is 0.493 e. The second kappa shape index (κ2) is 6.89. The molecule has 4 heteroatoms. The Morgan fingerprint density at radius 2 is 1.62 bits per heavy atom. The van der Waals surface area contributed by atoms with E-state index in [9.17, 15) is 0 Å². The van der Waals surface area contributed by atoms with Gasteiger partial charge in [-0.05, 0) is 42.8 Å². The molecule has 0 bridgehead atoms. The van der Waals surface area contributed by atoms with Gasteiger partial charge in [-0.1, -0.05) is 24.3 Å². The zero-order valence-corrected chi connectivity index (χ0v) is 14.5. The van der Waals surface area contributed by atoms with E-state index >= 15 is 0 Å². The smallest absolute Gasteiger partial charge is 0.162 e. The van der Waals surface area contributed by atoms with E-state index in [-0.39, 0.29) is 0 Å². The molecule has 4 nitrogen and oxygen atoms in total. The van der Waals surface area contributed by atoms with Gasteiger partial charge in [0.1, 0.15) is 0 Å². The highest BCUT2D eigenvalue weighted by Crippen LogP contribution is 2.36. The number of rotatable bonds is 5. The van der Waals surface area contributed by atoms with Crippen LogP contribution >= 0.6 is 0 Å². The Morgan fingerprint density at radius 3 is 2.25 bits per heavy atom. The molecule has 0 radical (unpaired) electrons. The molecule has 24 heavy (non-hydrogen) atoms. The van der Waals surface area contributed by atoms with Gasteiger partial charge in [0.25, 0.3) is 0 Å². The lowest BCUT2D eigenvalue weighted by atomic mass is 9.98. The number of nitrogens with one attached hydrogen (secondary N) is 1. The second-order valence-corrected chi connectivity index (χ2v) is 5.72. The number of methoxy groups -OCH3 is 2. The van der Waals surface area contributed by atoms with Crippen LogP contribution in [0.3, 0.4) is 0 Å². The van der Waals surface area contributed by atoms with Crippen LogP contribution in [-0.4, -0.2) is 26.3 Å². The van der Waals surface area contributed by atoms with Crippen LogP contribution in [0.4, 0.5) is 0 Å². The molecular formula is C20H22N2O2. The Labute approximate surface area is 142 Å². The fourth-order valence-corrected chi connectivity index (χ4v) is 2.84. The van der Waals surface area contributed by atoms with Crippen molar-refractivity contribution >= 4 is 10.9 Å². The number of pyridine rings is 1. The summed E-state index contributed by atoms with van der Waals surface area (Å²) in [4.78, 5) is 4.46. The predicted molar refractivity (Wildman–Crippen MR) is 97.8 cm³/mol. The predicted octanol–water partition coefficient (Wildman–Crippen LogP) is 4.20. The molecule has 0 aliphatic carbocycles.